The van der Waals surface area contributed by atoms with Crippen molar-refractivity contribution < 1.29 is 27.3 Å². The lowest BCUT2D eigenvalue weighted by Gasteiger charge is -2.31. The van der Waals surface area contributed by atoms with E-state index in [0.29, 0.717) is 19.4 Å². The zero-order chi connectivity index (χ0) is 18.9. The molecule has 1 aliphatic heterocycles. The smallest absolute Gasteiger partial charge is 0.417 e. The molecule has 1 atom stereocenters. The highest BCUT2D eigenvalue weighted by atomic mass is 19.4. The van der Waals surface area contributed by atoms with Crippen LogP contribution in [0.15, 0.2) is 28.7 Å². The van der Waals surface area contributed by atoms with Crippen LogP contribution < -0.4 is 0 Å². The summed E-state index contributed by atoms with van der Waals surface area (Å²) < 4.78 is 42.5. The van der Waals surface area contributed by atoms with Crippen molar-refractivity contribution in [3.8, 4) is 0 Å². The van der Waals surface area contributed by atoms with E-state index in [9.17, 15) is 28.1 Å². The second kappa shape index (κ2) is 6.73. The van der Waals surface area contributed by atoms with Crippen molar-refractivity contribution in [3.05, 3.63) is 51.7 Å². The monoisotopic (exact) mass is 370 g/mol. The van der Waals surface area contributed by atoms with E-state index in [1.165, 1.54) is 29.2 Å². The largest absolute Gasteiger partial charge is 0.470 e. The van der Waals surface area contributed by atoms with E-state index < -0.39 is 28.8 Å². The van der Waals surface area contributed by atoms with Gasteiger partial charge in [0.15, 0.2) is 0 Å². The lowest BCUT2D eigenvalue weighted by atomic mass is 9.97. The van der Waals surface area contributed by atoms with Gasteiger partial charge in [-0.3, -0.25) is 14.9 Å². The SMILES string of the molecule is O=C(c1ccccc1[N+](=O)[O-])N1CCCC(c2nnc(C(F)(F)F)o2)C1. The Bertz CT molecular complexity index is 836. The Kier molecular flexibility index (Phi) is 4.62. The molecule has 1 amide bonds. The van der Waals surface area contributed by atoms with Crippen LogP contribution in [0.3, 0.4) is 0 Å². The molecule has 0 radical (unpaired) electrons. The van der Waals surface area contributed by atoms with Crippen LogP contribution in [-0.4, -0.2) is 39.0 Å². The summed E-state index contributed by atoms with van der Waals surface area (Å²) in [5, 5.41) is 17.5. The van der Waals surface area contributed by atoms with Gasteiger partial charge in [0.25, 0.3) is 11.6 Å². The summed E-state index contributed by atoms with van der Waals surface area (Å²) in [5.74, 6) is -2.75. The second-order valence-corrected chi connectivity index (χ2v) is 5.81. The number of benzene rings is 1. The van der Waals surface area contributed by atoms with E-state index in [4.69, 9.17) is 0 Å². The molecule has 3 rings (SSSR count). The number of amides is 1. The maximum atomic E-state index is 12.6. The van der Waals surface area contributed by atoms with E-state index >= 15 is 0 Å². The molecule has 1 saturated heterocycles. The first kappa shape index (κ1) is 17.8. The fourth-order valence-electron chi connectivity index (χ4n) is 2.86. The minimum Gasteiger partial charge on any atom is -0.417 e. The van der Waals surface area contributed by atoms with Gasteiger partial charge in [-0.05, 0) is 18.9 Å². The molecule has 0 saturated carbocycles. The number of nitrogens with zero attached hydrogens (tertiary/aromatic N) is 4. The number of carbonyl (C=O) groups excluding carboxylic acids is 1. The molecule has 0 bridgehead atoms. The summed E-state index contributed by atoms with van der Waals surface area (Å²) in [6.45, 7) is 0.381. The van der Waals surface area contributed by atoms with Gasteiger partial charge in [-0.25, -0.2) is 0 Å². The van der Waals surface area contributed by atoms with Crippen molar-refractivity contribution in [1.82, 2.24) is 15.1 Å². The third kappa shape index (κ3) is 3.51. The predicted octanol–water partition coefficient (Wildman–Crippen LogP) is 3.02. The molecular formula is C15H13F3N4O4. The van der Waals surface area contributed by atoms with Crippen LogP contribution >= 0.6 is 0 Å². The van der Waals surface area contributed by atoms with E-state index in [0.717, 1.165) is 0 Å². The molecule has 26 heavy (non-hydrogen) atoms. The minimum absolute atomic E-state index is 0.0460. The first-order chi connectivity index (χ1) is 12.3. The standard InChI is InChI=1S/C15H13F3N4O4/c16-15(17,18)14-20-19-12(26-14)9-4-3-7-21(8-9)13(23)10-5-1-2-6-11(10)22(24)25/h1-2,5-6,9H,3-4,7-8H2. The highest BCUT2D eigenvalue weighted by molar-refractivity contribution is 5.98. The van der Waals surface area contributed by atoms with Gasteiger partial charge in [0.1, 0.15) is 5.56 Å². The number of nitro benzene ring substituents is 1. The number of nitro groups is 1. The van der Waals surface area contributed by atoms with E-state index in [-0.39, 0.29) is 23.7 Å². The maximum absolute atomic E-state index is 12.6. The van der Waals surface area contributed by atoms with Gasteiger partial charge in [0.2, 0.25) is 5.89 Å². The first-order valence-corrected chi connectivity index (χ1v) is 7.70. The molecular weight excluding hydrogens is 357 g/mol. The molecule has 2 heterocycles. The van der Waals surface area contributed by atoms with Crippen LogP contribution in [0.5, 0.6) is 0 Å². The third-order valence-corrected chi connectivity index (χ3v) is 4.07. The molecule has 11 heteroatoms. The Balaban J connectivity index is 1.80. The molecule has 1 aromatic heterocycles. The molecule has 1 unspecified atom stereocenters. The number of hydrogen-bond donors (Lipinski definition) is 0. The number of likely N-dealkylation sites (tertiary alicyclic amines) is 1. The molecule has 1 aromatic carbocycles. The summed E-state index contributed by atoms with van der Waals surface area (Å²) >= 11 is 0. The number of halogens is 3. The molecule has 8 nitrogen and oxygen atoms in total. The number of alkyl halides is 3. The normalized spacial score (nSPS) is 18.0. The van der Waals surface area contributed by atoms with E-state index in [1.807, 2.05) is 0 Å². The molecule has 1 fully saturated rings. The molecule has 1 aliphatic rings. The molecule has 0 spiro atoms. The average Bonchev–Trinajstić information content (AvgIpc) is 3.12. The van der Waals surface area contributed by atoms with Crippen molar-refractivity contribution in [2.24, 2.45) is 0 Å². The predicted molar refractivity (Wildman–Crippen MR) is 80.3 cm³/mol. The van der Waals surface area contributed by atoms with Gasteiger partial charge in [-0.2, -0.15) is 13.2 Å². The number of aromatic nitrogens is 2. The maximum Gasteiger partial charge on any atom is 0.470 e. The van der Waals surface area contributed by atoms with Crippen molar-refractivity contribution in [1.29, 1.82) is 0 Å². The van der Waals surface area contributed by atoms with E-state index in [1.54, 1.807) is 0 Å². The topological polar surface area (TPSA) is 102 Å². The van der Waals surface area contributed by atoms with Crippen LogP contribution in [0.4, 0.5) is 18.9 Å². The molecule has 2 aromatic rings. The van der Waals surface area contributed by atoms with Crippen LogP contribution in [0.1, 0.15) is 40.9 Å². The number of para-hydroxylation sites is 1. The van der Waals surface area contributed by atoms with Gasteiger partial charge >= 0.3 is 12.1 Å². The highest BCUT2D eigenvalue weighted by Gasteiger charge is 2.39. The van der Waals surface area contributed by atoms with Crippen LogP contribution in [0.25, 0.3) is 0 Å². The van der Waals surface area contributed by atoms with Gasteiger partial charge in [-0.1, -0.05) is 12.1 Å². The number of piperidine rings is 1. The third-order valence-electron chi connectivity index (χ3n) is 4.07. The quantitative estimate of drug-likeness (QED) is 0.608. The fraction of sp³-hybridized carbons (Fsp3) is 0.400. The highest BCUT2D eigenvalue weighted by Crippen LogP contribution is 2.32. The molecule has 0 N–H and O–H groups in total. The lowest BCUT2D eigenvalue weighted by Crippen LogP contribution is -2.39. The Morgan fingerprint density at radius 2 is 2.04 bits per heavy atom. The lowest BCUT2D eigenvalue weighted by molar-refractivity contribution is -0.385. The zero-order valence-corrected chi connectivity index (χ0v) is 13.3. The number of rotatable bonds is 3. The Morgan fingerprint density at radius 1 is 1.31 bits per heavy atom. The van der Waals surface area contributed by atoms with Crippen LogP contribution in [-0.2, 0) is 6.18 Å². The van der Waals surface area contributed by atoms with Crippen molar-refractivity contribution in [3.63, 3.8) is 0 Å². The number of hydrogen-bond acceptors (Lipinski definition) is 6. The van der Waals surface area contributed by atoms with Gasteiger partial charge < -0.3 is 9.32 Å². The van der Waals surface area contributed by atoms with Gasteiger partial charge in [0, 0.05) is 19.2 Å². The van der Waals surface area contributed by atoms with Crippen molar-refractivity contribution in [2.75, 3.05) is 13.1 Å². The van der Waals surface area contributed by atoms with Crippen molar-refractivity contribution >= 4 is 11.6 Å². The van der Waals surface area contributed by atoms with Crippen LogP contribution in [0.2, 0.25) is 0 Å². The zero-order valence-electron chi connectivity index (χ0n) is 13.3. The van der Waals surface area contributed by atoms with Crippen LogP contribution in [0, 0.1) is 10.1 Å². The first-order valence-electron chi connectivity index (χ1n) is 7.70. The summed E-state index contributed by atoms with van der Waals surface area (Å²) in [4.78, 5) is 24.4. The fourth-order valence-corrected chi connectivity index (χ4v) is 2.86. The average molecular weight is 370 g/mol. The summed E-state index contributed by atoms with van der Waals surface area (Å²) in [5.41, 5.74) is -0.392. The van der Waals surface area contributed by atoms with Gasteiger partial charge in [-0.15, -0.1) is 10.2 Å². The van der Waals surface area contributed by atoms with E-state index in [2.05, 4.69) is 14.6 Å². The molecule has 0 aliphatic carbocycles. The Labute approximate surface area is 144 Å². The summed E-state index contributed by atoms with van der Waals surface area (Å²) in [7, 11) is 0. The Hall–Kier alpha value is -2.98. The van der Waals surface area contributed by atoms with Gasteiger partial charge in [0.05, 0.1) is 10.8 Å². The second-order valence-electron chi connectivity index (χ2n) is 5.81. The number of carbonyl (C=O) groups is 1. The summed E-state index contributed by atoms with van der Waals surface area (Å²) in [6, 6.07) is 5.53. The molecule has 138 valence electrons. The summed E-state index contributed by atoms with van der Waals surface area (Å²) in [6.07, 6.45) is -3.76. The Morgan fingerprint density at radius 3 is 2.69 bits per heavy atom. The van der Waals surface area contributed by atoms with Crippen molar-refractivity contribution in [2.45, 2.75) is 24.9 Å². The minimum atomic E-state index is -4.74.